The molecule has 4 aliphatic rings. The molecule has 0 atom stereocenters. The average molecular weight is 791 g/mol. The smallest absolute Gasteiger partial charge is 0.248 e. The predicted molar refractivity (Wildman–Crippen MR) is 268 cm³/mol. The molecule has 14 rings (SSSR count). The maximum atomic E-state index is 10.0. The Bertz CT molecular complexity index is 3520. The highest BCUT2D eigenvalue weighted by Crippen LogP contribution is 2.49. The highest BCUT2D eigenvalue weighted by atomic mass is 15.2. The fourth-order valence-corrected chi connectivity index (χ4v) is 13.0. The van der Waals surface area contributed by atoms with Gasteiger partial charge in [0, 0.05) is 22.7 Å². The third-order valence-electron chi connectivity index (χ3n) is 14.9. The highest BCUT2D eigenvalue weighted by Gasteiger charge is 2.45. The molecule has 0 spiro atoms. The molecule has 0 aliphatic carbocycles. The number of hydrogen-bond acceptors (Lipinski definition) is 2. The molecular weight excluding hydrogens is 746 g/mol. The summed E-state index contributed by atoms with van der Waals surface area (Å²) < 4.78 is 20.1. The van der Waals surface area contributed by atoms with Crippen molar-refractivity contribution in [3.05, 3.63) is 179 Å². The first-order valence-corrected chi connectivity index (χ1v) is 22.1. The van der Waals surface area contributed by atoms with E-state index in [1.54, 1.807) is 0 Å². The van der Waals surface area contributed by atoms with E-state index in [9.17, 15) is 2.74 Å². The zero-order valence-corrected chi connectivity index (χ0v) is 35.8. The Hall–Kier alpha value is -7.03. The SMILES string of the molecule is [2H]c1cc2c3c(cc4c([2H])cc5c6c(cc1c3c46)B1c3ccccc3N(c3c(C)cc(C)cc3C)c3cccc-5c31)B1c3ccccc3N(c3c(C)cc(C)cc3C)c3cccc-2c31. The van der Waals surface area contributed by atoms with Crippen molar-refractivity contribution in [3.63, 3.8) is 0 Å². The van der Waals surface area contributed by atoms with Gasteiger partial charge >= 0.3 is 0 Å². The minimum absolute atomic E-state index is 0.0416. The van der Waals surface area contributed by atoms with Gasteiger partial charge in [0.1, 0.15) is 0 Å². The van der Waals surface area contributed by atoms with Crippen molar-refractivity contribution in [2.75, 3.05) is 9.80 Å². The van der Waals surface area contributed by atoms with Gasteiger partial charge in [0.25, 0.3) is 0 Å². The van der Waals surface area contributed by atoms with Gasteiger partial charge in [-0.15, -0.1) is 0 Å². The van der Waals surface area contributed by atoms with Crippen molar-refractivity contribution < 1.29 is 2.74 Å². The standard InChI is InChI=1S/C58H42B2N2/c1-31-25-33(3)57(34(4)26-31)61-47-17-9-7-15-43(47)59-45-29-37-22-24-40-42-14-12-20-50-56(42)60(44-16-8-10-18-48(44)62(50)58-35(5)27-32(2)28-36(58)6)46-30-38-21-23-39(41-13-11-19-49(61)55(41)59)53(45)51(38)52(37)54(40)46/h7-30H,1-6H3/i21D,22D. The Morgan fingerprint density at radius 3 is 1.18 bits per heavy atom. The van der Waals surface area contributed by atoms with Crippen LogP contribution in [0.1, 0.15) is 36.1 Å². The second-order valence-electron chi connectivity index (χ2n) is 18.6. The number of para-hydroxylation sites is 2. The molecule has 0 unspecified atom stereocenters. The minimum Gasteiger partial charge on any atom is -0.311 e. The van der Waals surface area contributed by atoms with Gasteiger partial charge in [-0.2, -0.15) is 0 Å². The Morgan fingerprint density at radius 1 is 0.371 bits per heavy atom. The van der Waals surface area contributed by atoms with Crippen molar-refractivity contribution >= 4 is 113 Å². The molecule has 0 N–H and O–H groups in total. The molecule has 290 valence electrons. The number of fused-ring (bicyclic) bond motifs is 8. The normalized spacial score (nSPS) is 14.3. The van der Waals surface area contributed by atoms with Gasteiger partial charge in [-0.1, -0.05) is 143 Å². The summed E-state index contributed by atoms with van der Waals surface area (Å²) in [5.41, 5.74) is 26.9. The number of benzene rings is 10. The summed E-state index contributed by atoms with van der Waals surface area (Å²) in [6.07, 6.45) is 0. The topological polar surface area (TPSA) is 6.48 Å². The van der Waals surface area contributed by atoms with Crippen LogP contribution in [0.3, 0.4) is 0 Å². The summed E-state index contributed by atoms with van der Waals surface area (Å²) in [4.78, 5) is 4.99. The molecule has 0 saturated heterocycles. The lowest BCUT2D eigenvalue weighted by atomic mass is 9.31. The zero-order valence-electron chi connectivity index (χ0n) is 37.8. The van der Waals surface area contributed by atoms with Crippen LogP contribution in [0.4, 0.5) is 34.1 Å². The first-order valence-electron chi connectivity index (χ1n) is 23.1. The summed E-state index contributed by atoms with van der Waals surface area (Å²) in [6, 6.07) is 50.8. The van der Waals surface area contributed by atoms with E-state index < -0.39 is 0 Å². The van der Waals surface area contributed by atoms with Crippen molar-refractivity contribution in [3.8, 4) is 22.3 Å². The van der Waals surface area contributed by atoms with Crippen LogP contribution in [0.5, 0.6) is 0 Å². The van der Waals surface area contributed by atoms with Crippen LogP contribution in [-0.4, -0.2) is 13.4 Å². The molecule has 0 fully saturated rings. The zero-order chi connectivity index (χ0) is 43.2. The largest absolute Gasteiger partial charge is 0.311 e. The maximum absolute atomic E-state index is 10.0. The van der Waals surface area contributed by atoms with Gasteiger partial charge < -0.3 is 9.80 Å². The molecule has 4 aliphatic heterocycles. The summed E-state index contributed by atoms with van der Waals surface area (Å²) in [7, 11) is 0. The molecule has 0 saturated carbocycles. The van der Waals surface area contributed by atoms with Crippen LogP contribution < -0.4 is 42.6 Å². The summed E-state index contributed by atoms with van der Waals surface area (Å²) in [5, 5.41) is 6.63. The average Bonchev–Trinajstić information content (AvgIpc) is 3.27. The number of anilines is 6. The van der Waals surface area contributed by atoms with E-state index in [1.807, 2.05) is 0 Å². The van der Waals surface area contributed by atoms with Crippen LogP contribution in [-0.2, 0) is 0 Å². The van der Waals surface area contributed by atoms with Crippen LogP contribution in [0.2, 0.25) is 0 Å². The number of rotatable bonds is 2. The molecule has 62 heavy (non-hydrogen) atoms. The van der Waals surface area contributed by atoms with Gasteiger partial charge in [-0.3, -0.25) is 0 Å². The molecule has 0 aromatic heterocycles. The molecule has 10 aromatic carbocycles. The molecular formula is C58H42B2N2. The number of hydrogen-bond donors (Lipinski definition) is 0. The van der Waals surface area contributed by atoms with Gasteiger partial charge in [0.15, 0.2) is 0 Å². The summed E-state index contributed by atoms with van der Waals surface area (Å²) in [5.74, 6) is 0. The summed E-state index contributed by atoms with van der Waals surface area (Å²) >= 11 is 0. The van der Waals surface area contributed by atoms with Crippen molar-refractivity contribution in [1.29, 1.82) is 0 Å². The fourth-order valence-electron chi connectivity index (χ4n) is 13.0. The maximum Gasteiger partial charge on any atom is 0.248 e. The van der Waals surface area contributed by atoms with E-state index >= 15 is 0 Å². The lowest BCUT2D eigenvalue weighted by Crippen LogP contribution is -2.60. The minimum atomic E-state index is -0.0416. The summed E-state index contributed by atoms with van der Waals surface area (Å²) in [6.45, 7) is 13.2. The van der Waals surface area contributed by atoms with E-state index in [4.69, 9.17) is 0 Å². The van der Waals surface area contributed by atoms with Crippen molar-refractivity contribution in [2.45, 2.75) is 41.5 Å². The Morgan fingerprint density at radius 2 is 0.758 bits per heavy atom. The van der Waals surface area contributed by atoms with Gasteiger partial charge in [-0.25, -0.2) is 0 Å². The predicted octanol–water partition coefficient (Wildman–Crippen LogP) is 11.0. The van der Waals surface area contributed by atoms with Gasteiger partial charge in [0.05, 0.1) is 14.1 Å². The number of nitrogens with zero attached hydrogens (tertiary/aromatic N) is 2. The van der Waals surface area contributed by atoms with Crippen LogP contribution in [0, 0.1) is 41.5 Å². The molecule has 0 radical (unpaired) electrons. The van der Waals surface area contributed by atoms with Gasteiger partial charge in [0.2, 0.25) is 13.4 Å². The van der Waals surface area contributed by atoms with E-state index in [-0.39, 0.29) is 13.4 Å². The third-order valence-corrected chi connectivity index (χ3v) is 14.9. The lowest BCUT2D eigenvalue weighted by molar-refractivity contribution is 1.21. The van der Waals surface area contributed by atoms with Crippen LogP contribution >= 0.6 is 0 Å². The monoisotopic (exact) mass is 790 g/mol. The van der Waals surface area contributed by atoms with E-state index in [2.05, 4.69) is 185 Å². The fraction of sp³-hybridized carbons (Fsp3) is 0.103. The van der Waals surface area contributed by atoms with Crippen LogP contribution in [0.15, 0.2) is 146 Å². The first-order chi connectivity index (χ1) is 31.1. The Labute approximate surface area is 366 Å². The van der Waals surface area contributed by atoms with E-state index in [0.29, 0.717) is 12.1 Å². The molecule has 0 amide bonds. The first kappa shape index (κ1) is 32.7. The Balaban J connectivity index is 1.10. The Kier molecular flexibility index (Phi) is 6.26. The molecule has 2 nitrogen and oxygen atoms in total. The number of aryl methyl sites for hydroxylation is 6. The van der Waals surface area contributed by atoms with Gasteiger partial charge in [-0.05, 0) is 164 Å². The molecule has 0 bridgehead atoms. The van der Waals surface area contributed by atoms with E-state index in [1.165, 1.54) is 122 Å². The third kappa shape index (κ3) is 4.18. The molecule has 4 heterocycles. The molecule has 4 heteroatoms. The second-order valence-corrected chi connectivity index (χ2v) is 18.6. The lowest BCUT2D eigenvalue weighted by Gasteiger charge is -2.42. The highest BCUT2D eigenvalue weighted by molar-refractivity contribution is 7.02. The van der Waals surface area contributed by atoms with E-state index in [0.717, 1.165) is 32.7 Å². The van der Waals surface area contributed by atoms with Crippen molar-refractivity contribution in [1.82, 2.24) is 0 Å². The second kappa shape index (κ2) is 11.9. The van der Waals surface area contributed by atoms with Crippen molar-refractivity contribution in [2.24, 2.45) is 0 Å². The van der Waals surface area contributed by atoms with Crippen LogP contribution in [0.25, 0.3) is 54.6 Å². The quantitative estimate of drug-likeness (QED) is 0.127. The molecule has 10 aromatic rings.